The Bertz CT molecular complexity index is 939. The lowest BCUT2D eigenvalue weighted by molar-refractivity contribution is -0.274. The van der Waals surface area contributed by atoms with Crippen molar-refractivity contribution in [1.82, 2.24) is 14.8 Å². The van der Waals surface area contributed by atoms with Crippen LogP contribution in [0, 0.1) is 0 Å². The number of aliphatic hydroxyl groups excluding tert-OH is 1. The molecule has 1 aliphatic rings. The number of nitrogens with zero attached hydrogens (tertiary/aromatic N) is 3. The molecule has 2 aromatic heterocycles. The van der Waals surface area contributed by atoms with Crippen LogP contribution < -0.4 is 4.74 Å². The zero-order valence-corrected chi connectivity index (χ0v) is 16.8. The van der Waals surface area contributed by atoms with Gasteiger partial charge in [-0.15, -0.1) is 34.7 Å². The first-order valence-corrected chi connectivity index (χ1v) is 10.9. The van der Waals surface area contributed by atoms with Crippen molar-refractivity contribution in [3.63, 3.8) is 0 Å². The number of alkyl halides is 3. The highest BCUT2D eigenvalue weighted by atomic mass is 32.2. The van der Waals surface area contributed by atoms with E-state index in [1.807, 2.05) is 11.4 Å². The van der Waals surface area contributed by atoms with Gasteiger partial charge in [-0.3, -0.25) is 0 Å². The van der Waals surface area contributed by atoms with Gasteiger partial charge in [0.1, 0.15) is 11.6 Å². The highest BCUT2D eigenvalue weighted by Gasteiger charge is 2.31. The van der Waals surface area contributed by atoms with E-state index in [1.54, 1.807) is 11.3 Å². The number of aromatic nitrogens is 3. The molecule has 4 rings (SSSR count). The molecule has 0 bridgehead atoms. The number of hydrogen-bond donors (Lipinski definition) is 1. The normalized spacial score (nSPS) is 15.4. The highest BCUT2D eigenvalue weighted by Crippen LogP contribution is 2.40. The summed E-state index contributed by atoms with van der Waals surface area (Å²) in [6.45, 7) is 0. The summed E-state index contributed by atoms with van der Waals surface area (Å²) in [6.07, 6.45) is -2.67. The van der Waals surface area contributed by atoms with Gasteiger partial charge in [0, 0.05) is 23.1 Å². The number of thioether (sulfide) groups is 1. The van der Waals surface area contributed by atoms with Gasteiger partial charge < -0.3 is 14.4 Å². The maximum absolute atomic E-state index is 12.2. The van der Waals surface area contributed by atoms with Crippen LogP contribution in [0.2, 0.25) is 0 Å². The first-order chi connectivity index (χ1) is 13.9. The Morgan fingerprint density at radius 3 is 2.59 bits per heavy atom. The van der Waals surface area contributed by atoms with E-state index in [1.165, 1.54) is 40.9 Å². The topological polar surface area (TPSA) is 60.2 Å². The van der Waals surface area contributed by atoms with E-state index in [4.69, 9.17) is 0 Å². The zero-order valence-electron chi connectivity index (χ0n) is 15.2. The maximum Gasteiger partial charge on any atom is 0.573 e. The lowest BCUT2D eigenvalue weighted by Gasteiger charge is -2.13. The molecule has 5 nitrogen and oxygen atoms in total. The molecule has 0 amide bonds. The number of benzene rings is 1. The van der Waals surface area contributed by atoms with Crippen molar-refractivity contribution in [1.29, 1.82) is 0 Å². The molecular weight excluding hydrogens is 423 g/mol. The molecule has 10 heteroatoms. The molecule has 1 atom stereocenters. The van der Waals surface area contributed by atoms with Crippen LogP contribution in [0.15, 0.2) is 46.9 Å². The van der Waals surface area contributed by atoms with Crippen LogP contribution in [0.25, 0.3) is 0 Å². The SMILES string of the molecule is OC(CSc1nnc(Cc2cccs2)n1C1CC1)c1ccc(OC(F)(F)F)cc1. The summed E-state index contributed by atoms with van der Waals surface area (Å²) in [5.41, 5.74) is 0.517. The lowest BCUT2D eigenvalue weighted by Crippen LogP contribution is -2.17. The van der Waals surface area contributed by atoms with Gasteiger partial charge in [-0.2, -0.15) is 0 Å². The van der Waals surface area contributed by atoms with Crippen molar-refractivity contribution in [2.24, 2.45) is 0 Å². The molecule has 29 heavy (non-hydrogen) atoms. The molecule has 1 unspecified atom stereocenters. The number of thiophene rings is 1. The Balaban J connectivity index is 1.40. The number of aliphatic hydroxyl groups is 1. The fourth-order valence-corrected chi connectivity index (χ4v) is 4.63. The molecule has 0 radical (unpaired) electrons. The quantitative estimate of drug-likeness (QED) is 0.499. The molecule has 0 saturated heterocycles. The van der Waals surface area contributed by atoms with E-state index >= 15 is 0 Å². The number of rotatable bonds is 8. The van der Waals surface area contributed by atoms with Crippen molar-refractivity contribution in [3.8, 4) is 5.75 Å². The average Bonchev–Trinajstić information content (AvgIpc) is 3.22. The molecule has 3 aromatic rings. The minimum absolute atomic E-state index is 0.312. The van der Waals surface area contributed by atoms with Crippen LogP contribution >= 0.6 is 23.1 Å². The molecule has 1 aliphatic carbocycles. The summed E-state index contributed by atoms with van der Waals surface area (Å²) in [5.74, 6) is 0.928. The fraction of sp³-hybridized carbons (Fsp3) is 0.368. The molecule has 154 valence electrons. The monoisotopic (exact) mass is 441 g/mol. The zero-order chi connectivity index (χ0) is 20.4. The summed E-state index contributed by atoms with van der Waals surface area (Å²) in [6, 6.07) is 9.73. The lowest BCUT2D eigenvalue weighted by atomic mass is 10.1. The van der Waals surface area contributed by atoms with Gasteiger partial charge in [0.25, 0.3) is 0 Å². The van der Waals surface area contributed by atoms with E-state index in [2.05, 4.69) is 25.6 Å². The first kappa shape index (κ1) is 20.2. The van der Waals surface area contributed by atoms with Gasteiger partial charge in [0.05, 0.1) is 6.10 Å². The smallest absolute Gasteiger partial charge is 0.406 e. The van der Waals surface area contributed by atoms with Gasteiger partial charge >= 0.3 is 6.36 Å². The fourth-order valence-electron chi connectivity index (χ4n) is 2.94. The number of halogens is 3. The third-order valence-electron chi connectivity index (χ3n) is 4.43. The Labute approximate surface area is 173 Å². The van der Waals surface area contributed by atoms with Crippen LogP contribution in [0.3, 0.4) is 0 Å². The van der Waals surface area contributed by atoms with Crippen LogP contribution in [0.4, 0.5) is 13.2 Å². The molecule has 1 saturated carbocycles. The molecule has 1 aromatic carbocycles. The second kappa shape index (κ2) is 8.37. The number of ether oxygens (including phenoxy) is 1. The van der Waals surface area contributed by atoms with E-state index < -0.39 is 12.5 Å². The van der Waals surface area contributed by atoms with E-state index in [0.29, 0.717) is 17.4 Å². The van der Waals surface area contributed by atoms with Crippen molar-refractivity contribution < 1.29 is 23.0 Å². The van der Waals surface area contributed by atoms with Crippen molar-refractivity contribution in [2.45, 2.75) is 42.9 Å². The predicted molar refractivity (Wildman–Crippen MR) is 104 cm³/mol. The van der Waals surface area contributed by atoms with Gasteiger partial charge in [-0.1, -0.05) is 30.0 Å². The summed E-state index contributed by atoms with van der Waals surface area (Å²) >= 11 is 3.08. The van der Waals surface area contributed by atoms with E-state index in [9.17, 15) is 18.3 Å². The molecule has 0 aliphatic heterocycles. The highest BCUT2D eigenvalue weighted by molar-refractivity contribution is 7.99. The van der Waals surface area contributed by atoms with Gasteiger partial charge in [0.2, 0.25) is 0 Å². The average molecular weight is 442 g/mol. The van der Waals surface area contributed by atoms with E-state index in [-0.39, 0.29) is 5.75 Å². The first-order valence-electron chi connectivity index (χ1n) is 9.02. The van der Waals surface area contributed by atoms with Crippen molar-refractivity contribution in [3.05, 3.63) is 58.0 Å². The Hall–Kier alpha value is -2.04. The van der Waals surface area contributed by atoms with Crippen LogP contribution in [0.1, 0.15) is 41.3 Å². The second-order valence-electron chi connectivity index (χ2n) is 6.70. The van der Waals surface area contributed by atoms with Gasteiger partial charge in [-0.05, 0) is 42.0 Å². The third-order valence-corrected chi connectivity index (χ3v) is 6.32. The Kier molecular flexibility index (Phi) is 5.84. The maximum atomic E-state index is 12.2. The minimum Gasteiger partial charge on any atom is -0.406 e. The van der Waals surface area contributed by atoms with Crippen LogP contribution in [-0.4, -0.2) is 32.0 Å². The Morgan fingerprint density at radius 2 is 1.97 bits per heavy atom. The summed E-state index contributed by atoms with van der Waals surface area (Å²) in [7, 11) is 0. The Morgan fingerprint density at radius 1 is 1.21 bits per heavy atom. The minimum atomic E-state index is -4.73. The largest absolute Gasteiger partial charge is 0.573 e. The van der Waals surface area contributed by atoms with Crippen molar-refractivity contribution in [2.75, 3.05) is 5.75 Å². The van der Waals surface area contributed by atoms with E-state index in [0.717, 1.165) is 30.2 Å². The molecule has 1 fully saturated rings. The molecule has 2 heterocycles. The van der Waals surface area contributed by atoms with Crippen LogP contribution in [-0.2, 0) is 6.42 Å². The summed E-state index contributed by atoms with van der Waals surface area (Å²) in [5, 5.41) is 21.9. The molecular formula is C19H18F3N3O2S2. The molecule has 0 spiro atoms. The summed E-state index contributed by atoms with van der Waals surface area (Å²) in [4.78, 5) is 1.22. The van der Waals surface area contributed by atoms with Crippen LogP contribution in [0.5, 0.6) is 5.75 Å². The van der Waals surface area contributed by atoms with Crippen molar-refractivity contribution >= 4 is 23.1 Å². The van der Waals surface area contributed by atoms with Gasteiger partial charge in [-0.25, -0.2) is 0 Å². The second-order valence-corrected chi connectivity index (χ2v) is 8.72. The van der Waals surface area contributed by atoms with Gasteiger partial charge in [0.15, 0.2) is 5.16 Å². The standard InChI is InChI=1S/C19H18F3N3O2S2/c20-19(21,22)27-14-7-3-12(4-8-14)16(26)11-29-18-24-23-17(25(18)13-5-6-13)10-15-2-1-9-28-15/h1-4,7-9,13,16,26H,5-6,10-11H2. The third kappa shape index (κ3) is 5.31. The summed E-state index contributed by atoms with van der Waals surface area (Å²) < 4.78 is 42.7. The number of hydrogen-bond acceptors (Lipinski definition) is 6. The molecule has 1 N–H and O–H groups in total. The predicted octanol–water partition coefficient (Wildman–Crippen LogP) is 4.99.